The van der Waals surface area contributed by atoms with E-state index in [4.69, 9.17) is 29.6 Å². The molecule has 0 amide bonds. The molecule has 0 aliphatic heterocycles. The van der Waals surface area contributed by atoms with Crippen LogP contribution in [0.25, 0.3) is 0 Å². The molecule has 0 heterocycles. The molecule has 0 bridgehead atoms. The van der Waals surface area contributed by atoms with Crippen LogP contribution in [0.5, 0.6) is 0 Å². The number of nitrogens with one attached hydrogen (secondary N) is 1. The van der Waals surface area contributed by atoms with E-state index in [1.54, 1.807) is 12.3 Å². The van der Waals surface area contributed by atoms with E-state index in [0.717, 1.165) is 11.3 Å². The Kier molecular flexibility index (Phi) is 5.36. The van der Waals surface area contributed by atoms with E-state index in [0.29, 0.717) is 16.6 Å². The summed E-state index contributed by atoms with van der Waals surface area (Å²) in [5, 5.41) is 3.78. The van der Waals surface area contributed by atoms with Crippen LogP contribution in [-0.2, 0) is 10.8 Å². The van der Waals surface area contributed by atoms with Crippen molar-refractivity contribution >= 4 is 45.3 Å². The molecule has 0 fully saturated rings. The van der Waals surface area contributed by atoms with Gasteiger partial charge in [0, 0.05) is 34.4 Å². The third-order valence-electron chi connectivity index (χ3n) is 2.40. The maximum Gasteiger partial charge on any atom is 0.104 e. The summed E-state index contributed by atoms with van der Waals surface area (Å²) in [6, 6.07) is 5.35. The average molecular weight is 291 g/mol. The zero-order chi connectivity index (χ0) is 13.0. The van der Waals surface area contributed by atoms with Gasteiger partial charge in [-0.3, -0.25) is 4.21 Å². The predicted molar refractivity (Wildman–Crippen MR) is 79.4 cm³/mol. The quantitative estimate of drug-likeness (QED) is 0.816. The maximum absolute atomic E-state index is 11.2. The normalized spacial score (nSPS) is 14.1. The van der Waals surface area contributed by atoms with Gasteiger partial charge < -0.3 is 11.1 Å². The standard InChI is InChI=1S/C11H15ClN2OS2/c1-7(17(2)15)6-14-10-4-3-8(11(13)16)5-9(10)12/h3-5,7,14H,6H2,1-2H3,(H2,13,16). The number of halogens is 1. The van der Waals surface area contributed by atoms with Crippen LogP contribution >= 0.6 is 23.8 Å². The molecular weight excluding hydrogens is 276 g/mol. The first-order chi connectivity index (χ1) is 7.91. The molecule has 1 aromatic rings. The summed E-state index contributed by atoms with van der Waals surface area (Å²) in [4.78, 5) is 0.321. The Balaban J connectivity index is 2.73. The lowest BCUT2D eigenvalue weighted by atomic mass is 10.2. The van der Waals surface area contributed by atoms with Gasteiger partial charge in [-0.15, -0.1) is 0 Å². The Morgan fingerprint density at radius 3 is 2.76 bits per heavy atom. The van der Waals surface area contributed by atoms with Crippen molar-refractivity contribution in [2.75, 3.05) is 18.1 Å². The lowest BCUT2D eigenvalue weighted by molar-refractivity contribution is 0.679. The van der Waals surface area contributed by atoms with Gasteiger partial charge in [-0.2, -0.15) is 0 Å². The van der Waals surface area contributed by atoms with Crippen molar-refractivity contribution in [3.8, 4) is 0 Å². The molecule has 94 valence electrons. The van der Waals surface area contributed by atoms with Crippen LogP contribution in [0.2, 0.25) is 5.02 Å². The molecule has 6 heteroatoms. The highest BCUT2D eigenvalue weighted by molar-refractivity contribution is 7.84. The molecule has 0 saturated carbocycles. The number of hydrogen-bond donors (Lipinski definition) is 2. The molecule has 3 N–H and O–H groups in total. The fraction of sp³-hybridized carbons (Fsp3) is 0.364. The van der Waals surface area contributed by atoms with Crippen molar-refractivity contribution < 1.29 is 4.21 Å². The number of anilines is 1. The van der Waals surface area contributed by atoms with Crippen molar-refractivity contribution in [3.63, 3.8) is 0 Å². The third kappa shape index (κ3) is 4.26. The van der Waals surface area contributed by atoms with Crippen LogP contribution in [0.15, 0.2) is 18.2 Å². The van der Waals surface area contributed by atoms with Crippen molar-refractivity contribution in [1.82, 2.24) is 0 Å². The number of hydrogen-bond acceptors (Lipinski definition) is 3. The van der Waals surface area contributed by atoms with Gasteiger partial charge in [-0.25, -0.2) is 0 Å². The molecule has 0 radical (unpaired) electrons. The van der Waals surface area contributed by atoms with E-state index in [1.807, 2.05) is 19.1 Å². The first-order valence-corrected chi connectivity index (χ1v) is 7.48. The van der Waals surface area contributed by atoms with Crippen LogP contribution in [0.4, 0.5) is 5.69 Å². The summed E-state index contributed by atoms with van der Waals surface area (Å²) in [5.41, 5.74) is 7.04. The summed E-state index contributed by atoms with van der Waals surface area (Å²) in [7, 11) is -0.849. The summed E-state index contributed by atoms with van der Waals surface area (Å²) in [5.74, 6) is 0. The van der Waals surface area contributed by atoms with E-state index in [1.165, 1.54) is 0 Å². The number of benzene rings is 1. The summed E-state index contributed by atoms with van der Waals surface area (Å²) >= 11 is 10.9. The minimum Gasteiger partial charge on any atom is -0.389 e. The van der Waals surface area contributed by atoms with Crippen molar-refractivity contribution in [3.05, 3.63) is 28.8 Å². The van der Waals surface area contributed by atoms with Gasteiger partial charge in [-0.05, 0) is 25.1 Å². The van der Waals surface area contributed by atoms with Gasteiger partial charge in [0.2, 0.25) is 0 Å². The van der Waals surface area contributed by atoms with Gasteiger partial charge in [0.05, 0.1) is 10.7 Å². The molecule has 1 rings (SSSR count). The predicted octanol–water partition coefficient (Wildman–Crippen LogP) is 2.15. The van der Waals surface area contributed by atoms with Crippen LogP contribution in [-0.4, -0.2) is 27.2 Å². The highest BCUT2D eigenvalue weighted by atomic mass is 35.5. The van der Waals surface area contributed by atoms with Crippen LogP contribution in [0, 0.1) is 0 Å². The second kappa shape index (κ2) is 6.33. The Morgan fingerprint density at radius 1 is 1.65 bits per heavy atom. The Hall–Kier alpha value is -0.650. The molecule has 0 aromatic heterocycles. The van der Waals surface area contributed by atoms with E-state index in [9.17, 15) is 4.21 Å². The molecule has 1 aromatic carbocycles. The fourth-order valence-corrected chi connectivity index (χ4v) is 1.88. The van der Waals surface area contributed by atoms with Gasteiger partial charge in [-0.1, -0.05) is 23.8 Å². The summed E-state index contributed by atoms with van der Waals surface area (Å²) in [6.45, 7) is 2.52. The van der Waals surface area contributed by atoms with Gasteiger partial charge in [0.15, 0.2) is 0 Å². The Labute approximate surface area is 114 Å². The molecule has 2 unspecified atom stereocenters. The lowest BCUT2D eigenvalue weighted by Gasteiger charge is -2.13. The third-order valence-corrected chi connectivity index (χ3v) is 4.25. The summed E-state index contributed by atoms with van der Waals surface area (Å²) in [6.07, 6.45) is 1.68. The SMILES string of the molecule is CC(CNc1ccc(C(N)=S)cc1Cl)S(C)=O. The second-order valence-corrected chi connectivity index (χ2v) is 6.40. The van der Waals surface area contributed by atoms with Gasteiger partial charge in [0.1, 0.15) is 4.99 Å². The molecule has 3 nitrogen and oxygen atoms in total. The smallest absolute Gasteiger partial charge is 0.104 e. The molecule has 0 aliphatic carbocycles. The Bertz CT molecular complexity index is 451. The topological polar surface area (TPSA) is 55.1 Å². The minimum absolute atomic E-state index is 0.0707. The van der Waals surface area contributed by atoms with Crippen molar-refractivity contribution in [2.24, 2.45) is 5.73 Å². The Morgan fingerprint density at radius 2 is 2.29 bits per heavy atom. The molecule has 0 saturated heterocycles. The van der Waals surface area contributed by atoms with E-state index < -0.39 is 10.8 Å². The van der Waals surface area contributed by atoms with E-state index in [-0.39, 0.29) is 5.25 Å². The van der Waals surface area contributed by atoms with Crippen LogP contribution in [0.1, 0.15) is 12.5 Å². The fourth-order valence-electron chi connectivity index (χ4n) is 1.18. The number of nitrogens with two attached hydrogens (primary N) is 1. The number of rotatable bonds is 5. The molecule has 0 spiro atoms. The van der Waals surface area contributed by atoms with Crippen LogP contribution < -0.4 is 11.1 Å². The minimum atomic E-state index is -0.849. The van der Waals surface area contributed by atoms with Gasteiger partial charge >= 0.3 is 0 Å². The highest BCUT2D eigenvalue weighted by Crippen LogP contribution is 2.23. The lowest BCUT2D eigenvalue weighted by Crippen LogP contribution is -2.20. The second-order valence-electron chi connectivity index (χ2n) is 3.75. The zero-order valence-corrected chi connectivity index (χ0v) is 12.1. The zero-order valence-electron chi connectivity index (χ0n) is 9.70. The first-order valence-electron chi connectivity index (χ1n) is 5.07. The molecule has 0 aliphatic rings. The molecular formula is C11H15ClN2OS2. The van der Waals surface area contributed by atoms with Gasteiger partial charge in [0.25, 0.3) is 0 Å². The van der Waals surface area contributed by atoms with Crippen LogP contribution in [0.3, 0.4) is 0 Å². The van der Waals surface area contributed by atoms with E-state index >= 15 is 0 Å². The summed E-state index contributed by atoms with van der Waals surface area (Å²) < 4.78 is 11.2. The average Bonchev–Trinajstić information content (AvgIpc) is 2.26. The first kappa shape index (κ1) is 14.4. The monoisotopic (exact) mass is 290 g/mol. The maximum atomic E-state index is 11.2. The van der Waals surface area contributed by atoms with Crippen molar-refractivity contribution in [1.29, 1.82) is 0 Å². The van der Waals surface area contributed by atoms with E-state index in [2.05, 4.69) is 5.32 Å². The largest absolute Gasteiger partial charge is 0.389 e. The van der Waals surface area contributed by atoms with Crippen molar-refractivity contribution in [2.45, 2.75) is 12.2 Å². The highest BCUT2D eigenvalue weighted by Gasteiger charge is 2.08. The number of thiocarbonyl (C=S) groups is 1. The molecule has 2 atom stereocenters. The molecule has 17 heavy (non-hydrogen) atoms.